The summed E-state index contributed by atoms with van der Waals surface area (Å²) in [7, 11) is 5.75. The minimum atomic E-state index is -1.29. The van der Waals surface area contributed by atoms with Gasteiger partial charge in [-0.3, -0.25) is 0 Å². The fraction of sp³-hybridized carbons (Fsp3) is 0.533. The minimum absolute atomic E-state index is 0.0745. The number of fused-ring (bicyclic) bond motifs is 1. The molecular weight excluding hydrogens is 428 g/mol. The highest BCUT2D eigenvalue weighted by atomic mass is 35.7. The van der Waals surface area contributed by atoms with E-state index in [2.05, 4.69) is 118 Å². The van der Waals surface area contributed by atoms with Gasteiger partial charge in [0.1, 0.15) is 0 Å². The lowest BCUT2D eigenvalue weighted by Crippen LogP contribution is -2.17. The van der Waals surface area contributed by atoms with Crippen LogP contribution in [0.4, 0.5) is 0 Å². The molecule has 0 heterocycles. The van der Waals surface area contributed by atoms with Crippen LogP contribution in [0.25, 0.3) is 17.2 Å². The van der Waals surface area contributed by atoms with Crippen molar-refractivity contribution >= 4 is 26.0 Å². The van der Waals surface area contributed by atoms with E-state index in [0.29, 0.717) is 5.25 Å². The molecule has 0 radical (unpaired) electrons. The summed E-state index contributed by atoms with van der Waals surface area (Å²) in [5.74, 6) is 0. The number of benzene rings is 2. The zero-order chi connectivity index (χ0) is 24.4. The first-order chi connectivity index (χ1) is 14.3. The van der Waals surface area contributed by atoms with Crippen molar-refractivity contribution in [1.82, 2.24) is 0 Å². The Balaban J connectivity index is 2.40. The maximum atomic E-state index is 7.04. The third kappa shape index (κ3) is 5.00. The Bertz CT molecular complexity index is 1030. The predicted molar refractivity (Wildman–Crippen MR) is 150 cm³/mol. The summed E-state index contributed by atoms with van der Waals surface area (Å²) in [5.41, 5.74) is 11.3. The molecule has 1 unspecified atom stereocenters. The number of hydrogen-bond acceptors (Lipinski definition) is 0. The van der Waals surface area contributed by atoms with Gasteiger partial charge in [0.15, 0.2) is 0 Å². The zero-order valence-electron chi connectivity index (χ0n) is 22.3. The highest BCUT2D eigenvalue weighted by molar-refractivity contribution is 8.50. The predicted octanol–water partition coefficient (Wildman–Crippen LogP) is 9.92. The van der Waals surface area contributed by atoms with E-state index in [1.165, 1.54) is 44.5 Å². The first-order valence-electron chi connectivity index (χ1n) is 11.7. The molecule has 0 aromatic heterocycles. The molecule has 176 valence electrons. The summed E-state index contributed by atoms with van der Waals surface area (Å²) < 4.78 is 0. The zero-order valence-corrected chi connectivity index (χ0v) is 23.9. The van der Waals surface area contributed by atoms with Crippen LogP contribution in [0.5, 0.6) is 0 Å². The largest absolute Gasteiger partial charge is 0.158 e. The molecule has 0 N–H and O–H groups in total. The van der Waals surface area contributed by atoms with Gasteiger partial charge >= 0.3 is 0 Å². The molecule has 1 aliphatic carbocycles. The molecule has 0 amide bonds. The molecule has 2 heteroatoms. The lowest BCUT2D eigenvalue weighted by molar-refractivity contribution is 0.569. The average Bonchev–Trinajstić information content (AvgIpc) is 2.94. The van der Waals surface area contributed by atoms with Gasteiger partial charge in [-0.1, -0.05) is 115 Å². The smallest absolute Gasteiger partial charge is 0.0474 e. The molecule has 0 aliphatic heterocycles. The van der Waals surface area contributed by atoms with Crippen molar-refractivity contribution in [2.75, 3.05) is 12.5 Å². The van der Waals surface area contributed by atoms with E-state index in [1.54, 1.807) is 0 Å². The molecule has 0 nitrogen and oxygen atoms in total. The van der Waals surface area contributed by atoms with Crippen molar-refractivity contribution < 1.29 is 0 Å². The Morgan fingerprint density at radius 2 is 1.12 bits per heavy atom. The van der Waals surface area contributed by atoms with Crippen LogP contribution < -0.4 is 0 Å². The standard InChI is InChI=1S/C30H43ClS/c1-19-13-25-24(17-23(30(8,9)10)18-26(25)27(19)32(11,12)31)20-14-21(28(2,3)4)16-22(15-20)29(5,6)7/h13-18,27H,1-12H3. The van der Waals surface area contributed by atoms with Crippen molar-refractivity contribution in [1.29, 1.82) is 0 Å². The van der Waals surface area contributed by atoms with Gasteiger partial charge < -0.3 is 0 Å². The first kappa shape index (κ1) is 25.4. The summed E-state index contributed by atoms with van der Waals surface area (Å²) in [4.78, 5) is 0. The molecule has 0 fully saturated rings. The third-order valence-electron chi connectivity index (χ3n) is 6.68. The summed E-state index contributed by atoms with van der Waals surface area (Å²) in [6.07, 6.45) is 6.86. The van der Waals surface area contributed by atoms with Gasteiger partial charge in [-0.2, -0.15) is 9.24 Å². The van der Waals surface area contributed by atoms with Crippen LogP contribution in [-0.2, 0) is 16.2 Å². The van der Waals surface area contributed by atoms with Gasteiger partial charge in [-0.15, -0.1) is 0 Å². The second-order valence-corrected chi connectivity index (χ2v) is 18.5. The topological polar surface area (TPSA) is 0 Å². The summed E-state index contributed by atoms with van der Waals surface area (Å²) in [5, 5.41) is 0.313. The summed E-state index contributed by atoms with van der Waals surface area (Å²) >= 11 is 0. The lowest BCUT2D eigenvalue weighted by atomic mass is 9.77. The van der Waals surface area contributed by atoms with Gasteiger partial charge in [0.2, 0.25) is 0 Å². The van der Waals surface area contributed by atoms with Gasteiger partial charge in [0, 0.05) is 5.25 Å². The molecule has 1 atom stereocenters. The average molecular weight is 471 g/mol. The highest BCUT2D eigenvalue weighted by Crippen LogP contribution is 2.65. The maximum absolute atomic E-state index is 7.04. The second-order valence-electron chi connectivity index (χ2n) is 13.1. The van der Waals surface area contributed by atoms with Crippen molar-refractivity contribution in [3.05, 3.63) is 63.7 Å². The minimum Gasteiger partial charge on any atom is -0.158 e. The molecule has 0 saturated carbocycles. The van der Waals surface area contributed by atoms with Gasteiger partial charge in [0.05, 0.1) is 0 Å². The number of rotatable bonds is 2. The number of halogens is 1. The van der Waals surface area contributed by atoms with Gasteiger partial charge in [0.25, 0.3) is 0 Å². The van der Waals surface area contributed by atoms with Crippen LogP contribution in [0.15, 0.2) is 35.9 Å². The van der Waals surface area contributed by atoms with E-state index in [-0.39, 0.29) is 16.2 Å². The van der Waals surface area contributed by atoms with Crippen LogP contribution in [0.3, 0.4) is 0 Å². The highest BCUT2D eigenvalue weighted by Gasteiger charge is 2.34. The fourth-order valence-corrected chi connectivity index (χ4v) is 7.13. The molecule has 3 rings (SSSR count). The van der Waals surface area contributed by atoms with E-state index in [9.17, 15) is 0 Å². The van der Waals surface area contributed by atoms with Crippen LogP contribution in [-0.4, -0.2) is 12.5 Å². The first-order valence-corrected chi connectivity index (χ1v) is 15.1. The molecule has 0 saturated heterocycles. The number of hydrogen-bond donors (Lipinski definition) is 0. The summed E-state index contributed by atoms with van der Waals surface area (Å²) in [6.45, 7) is 23.1. The van der Waals surface area contributed by atoms with E-state index < -0.39 is 9.24 Å². The van der Waals surface area contributed by atoms with Gasteiger partial charge in [-0.05, 0) is 74.6 Å². The molecule has 0 spiro atoms. The van der Waals surface area contributed by atoms with E-state index in [0.717, 1.165) is 0 Å². The van der Waals surface area contributed by atoms with Crippen LogP contribution in [0.2, 0.25) is 0 Å². The molecule has 0 bridgehead atoms. The summed E-state index contributed by atoms with van der Waals surface area (Å²) in [6, 6.07) is 12.1. The van der Waals surface area contributed by atoms with E-state index in [1.807, 2.05) is 0 Å². The maximum Gasteiger partial charge on any atom is 0.0474 e. The van der Waals surface area contributed by atoms with Crippen LogP contribution in [0.1, 0.15) is 102 Å². The van der Waals surface area contributed by atoms with Gasteiger partial charge in [-0.25, -0.2) is 0 Å². The van der Waals surface area contributed by atoms with Crippen molar-refractivity contribution in [3.8, 4) is 11.1 Å². The van der Waals surface area contributed by atoms with Crippen LogP contribution in [0, 0.1) is 0 Å². The van der Waals surface area contributed by atoms with Crippen molar-refractivity contribution in [2.45, 2.75) is 90.7 Å². The SMILES string of the molecule is CC1=Cc2c(-c3cc(C(C)(C)C)cc(C(C)(C)C)c3)cc(C(C)(C)C)cc2C1S(C)(C)Cl. The molecular formula is C30H43ClS. The van der Waals surface area contributed by atoms with E-state index in [4.69, 9.17) is 10.7 Å². The lowest BCUT2D eigenvalue weighted by Gasteiger charge is -2.34. The monoisotopic (exact) mass is 470 g/mol. The fourth-order valence-electron chi connectivity index (χ4n) is 4.67. The van der Waals surface area contributed by atoms with Crippen molar-refractivity contribution in [2.24, 2.45) is 0 Å². The Kier molecular flexibility index (Phi) is 6.32. The Hall–Kier alpha value is -1.18. The Morgan fingerprint density at radius 3 is 1.53 bits per heavy atom. The molecule has 2 aromatic carbocycles. The normalized spacial score (nSPS) is 17.9. The molecule has 2 aromatic rings. The second kappa shape index (κ2) is 7.95. The molecule has 1 aliphatic rings. The van der Waals surface area contributed by atoms with E-state index >= 15 is 0 Å². The Labute approximate surface area is 203 Å². The molecule has 32 heavy (non-hydrogen) atoms. The third-order valence-corrected chi connectivity index (χ3v) is 8.96. The van der Waals surface area contributed by atoms with Crippen molar-refractivity contribution in [3.63, 3.8) is 0 Å². The Morgan fingerprint density at radius 1 is 0.688 bits per heavy atom. The van der Waals surface area contributed by atoms with Crippen LogP contribution >= 0.6 is 19.9 Å². The quantitative estimate of drug-likeness (QED) is 0.409.